The molecule has 0 radical (unpaired) electrons. The van der Waals surface area contributed by atoms with Gasteiger partial charge >= 0.3 is 0 Å². The minimum atomic E-state index is -1.16. The highest BCUT2D eigenvalue weighted by molar-refractivity contribution is 5.98. The second-order valence-electron chi connectivity index (χ2n) is 3.35. The summed E-state index contributed by atoms with van der Waals surface area (Å²) in [6.45, 7) is 1.59. The number of rotatable bonds is 4. The summed E-state index contributed by atoms with van der Waals surface area (Å²) in [4.78, 5) is 11.5. The number of carbonyl (C=O) groups excluding carboxylic acids is 1. The van der Waals surface area contributed by atoms with Crippen molar-refractivity contribution in [3.63, 3.8) is 0 Å². The number of phenolic OH excluding ortho intramolecular Hbond substituents is 1. The Bertz CT molecular complexity index is 364. The first-order chi connectivity index (χ1) is 7.06. The van der Waals surface area contributed by atoms with Crippen LogP contribution in [0.4, 0.5) is 4.39 Å². The van der Waals surface area contributed by atoms with E-state index in [9.17, 15) is 14.3 Å². The van der Waals surface area contributed by atoms with Crippen molar-refractivity contribution in [2.45, 2.75) is 19.5 Å². The first-order valence-corrected chi connectivity index (χ1v) is 4.76. The molecule has 3 N–H and O–H groups in total. The molecule has 0 aromatic heterocycles. The number of aromatic hydroxyl groups is 1. The third-order valence-corrected chi connectivity index (χ3v) is 2.15. The van der Waals surface area contributed by atoms with E-state index in [-0.39, 0.29) is 30.1 Å². The molecule has 0 aliphatic heterocycles. The molecule has 0 aliphatic rings. The van der Waals surface area contributed by atoms with Crippen LogP contribution in [0.1, 0.15) is 35.4 Å². The van der Waals surface area contributed by atoms with Gasteiger partial charge in [-0.3, -0.25) is 4.79 Å². The summed E-state index contributed by atoms with van der Waals surface area (Å²) in [7, 11) is 0. The maximum Gasteiger partial charge on any atom is 0.167 e. The molecule has 0 bridgehead atoms. The molecule has 0 saturated heterocycles. The summed E-state index contributed by atoms with van der Waals surface area (Å²) in [5, 5.41) is 9.43. The van der Waals surface area contributed by atoms with Crippen molar-refractivity contribution in [2.24, 2.45) is 5.73 Å². The van der Waals surface area contributed by atoms with Gasteiger partial charge in [-0.05, 0) is 31.2 Å². The number of phenols is 1. The minimum absolute atomic E-state index is 0.127. The van der Waals surface area contributed by atoms with Crippen molar-refractivity contribution in [3.05, 3.63) is 29.3 Å². The molecule has 15 heavy (non-hydrogen) atoms. The van der Waals surface area contributed by atoms with E-state index in [1.165, 1.54) is 25.1 Å². The molecule has 1 aromatic carbocycles. The van der Waals surface area contributed by atoms with E-state index in [2.05, 4.69) is 0 Å². The predicted molar refractivity (Wildman–Crippen MR) is 55.6 cm³/mol. The molecule has 1 aromatic rings. The van der Waals surface area contributed by atoms with Crippen LogP contribution >= 0.6 is 0 Å². The molecule has 82 valence electrons. The van der Waals surface area contributed by atoms with E-state index < -0.39 is 6.17 Å². The number of ketones is 1. The van der Waals surface area contributed by atoms with Crippen molar-refractivity contribution in [2.75, 3.05) is 6.54 Å². The molecule has 0 spiro atoms. The number of carbonyl (C=O) groups is 1. The van der Waals surface area contributed by atoms with Gasteiger partial charge in [0, 0.05) is 6.42 Å². The van der Waals surface area contributed by atoms with Gasteiger partial charge in [0.25, 0.3) is 0 Å². The summed E-state index contributed by atoms with van der Waals surface area (Å²) in [6.07, 6.45) is -1.01. The number of hydrogen-bond donors (Lipinski definition) is 2. The van der Waals surface area contributed by atoms with E-state index in [0.29, 0.717) is 5.56 Å². The molecule has 1 atom stereocenters. The number of hydrogen-bond acceptors (Lipinski definition) is 3. The normalized spacial score (nSPS) is 12.5. The van der Waals surface area contributed by atoms with Crippen molar-refractivity contribution >= 4 is 5.78 Å². The first kappa shape index (κ1) is 11.7. The molecule has 1 rings (SSSR count). The minimum Gasteiger partial charge on any atom is -0.507 e. The van der Waals surface area contributed by atoms with Crippen molar-refractivity contribution in [1.82, 2.24) is 0 Å². The predicted octanol–water partition coefficient (Wildman–Crippen LogP) is 1.95. The number of benzene rings is 1. The van der Waals surface area contributed by atoms with Crippen LogP contribution in [-0.4, -0.2) is 17.4 Å². The van der Waals surface area contributed by atoms with Crippen LogP contribution in [-0.2, 0) is 0 Å². The average Bonchev–Trinajstić information content (AvgIpc) is 2.18. The Hall–Kier alpha value is -1.42. The van der Waals surface area contributed by atoms with E-state index in [1.54, 1.807) is 0 Å². The van der Waals surface area contributed by atoms with Gasteiger partial charge in [-0.15, -0.1) is 0 Å². The summed E-state index contributed by atoms with van der Waals surface area (Å²) in [5.41, 5.74) is 5.76. The van der Waals surface area contributed by atoms with Gasteiger partial charge in [0.1, 0.15) is 11.9 Å². The van der Waals surface area contributed by atoms with Gasteiger partial charge in [0.2, 0.25) is 0 Å². The zero-order chi connectivity index (χ0) is 11.4. The molecule has 0 saturated carbocycles. The highest BCUT2D eigenvalue weighted by atomic mass is 19.1. The first-order valence-electron chi connectivity index (χ1n) is 4.76. The lowest BCUT2D eigenvalue weighted by molar-refractivity contribution is 0.0982. The van der Waals surface area contributed by atoms with Crippen LogP contribution in [0, 0.1) is 0 Å². The number of halogens is 1. The lowest BCUT2D eigenvalue weighted by atomic mass is 10.0. The van der Waals surface area contributed by atoms with Crippen molar-refractivity contribution in [3.8, 4) is 5.75 Å². The number of alkyl halides is 1. The zero-order valence-electron chi connectivity index (χ0n) is 8.53. The molecule has 0 amide bonds. The molecule has 4 heteroatoms. The van der Waals surface area contributed by atoms with E-state index in [4.69, 9.17) is 5.73 Å². The average molecular weight is 211 g/mol. The molecule has 0 heterocycles. The van der Waals surface area contributed by atoms with Crippen LogP contribution in [0.3, 0.4) is 0 Å². The quantitative estimate of drug-likeness (QED) is 0.748. The lowest BCUT2D eigenvalue weighted by Gasteiger charge is -2.07. The van der Waals surface area contributed by atoms with Gasteiger partial charge in [-0.2, -0.15) is 0 Å². The highest BCUT2D eigenvalue weighted by Crippen LogP contribution is 2.24. The van der Waals surface area contributed by atoms with Crippen molar-refractivity contribution in [1.29, 1.82) is 0 Å². The maximum absolute atomic E-state index is 13.0. The van der Waals surface area contributed by atoms with E-state index in [1.807, 2.05) is 0 Å². The van der Waals surface area contributed by atoms with Crippen molar-refractivity contribution < 1.29 is 14.3 Å². The standard InChI is InChI=1S/C11H14FNO2/c1-7(12)8-2-3-10(14)9(6-8)11(15)4-5-13/h2-3,6-7,14H,4-5,13H2,1H3. The fourth-order valence-corrected chi connectivity index (χ4v) is 1.29. The van der Waals surface area contributed by atoms with Crippen LogP contribution in [0.5, 0.6) is 5.75 Å². The molecule has 1 unspecified atom stereocenters. The van der Waals surface area contributed by atoms with Crippen LogP contribution in [0.15, 0.2) is 18.2 Å². The fourth-order valence-electron chi connectivity index (χ4n) is 1.29. The Morgan fingerprint density at radius 3 is 2.80 bits per heavy atom. The molecular formula is C11H14FNO2. The Kier molecular flexibility index (Phi) is 3.80. The van der Waals surface area contributed by atoms with Gasteiger partial charge in [-0.1, -0.05) is 6.07 Å². The second kappa shape index (κ2) is 4.89. The summed E-state index contributed by atoms with van der Waals surface area (Å²) < 4.78 is 13.0. The topological polar surface area (TPSA) is 63.3 Å². The van der Waals surface area contributed by atoms with Crippen LogP contribution in [0.25, 0.3) is 0 Å². The van der Waals surface area contributed by atoms with Gasteiger partial charge < -0.3 is 10.8 Å². The molecule has 3 nitrogen and oxygen atoms in total. The Labute approximate surface area is 87.7 Å². The number of nitrogens with two attached hydrogens (primary N) is 1. The van der Waals surface area contributed by atoms with E-state index in [0.717, 1.165) is 0 Å². The summed E-state index contributed by atoms with van der Waals surface area (Å²) >= 11 is 0. The van der Waals surface area contributed by atoms with Crippen LogP contribution < -0.4 is 5.73 Å². The number of Topliss-reactive ketones (excluding diaryl/α,β-unsaturated/α-hetero) is 1. The monoisotopic (exact) mass is 211 g/mol. The smallest absolute Gasteiger partial charge is 0.167 e. The maximum atomic E-state index is 13.0. The molecule has 0 aliphatic carbocycles. The third kappa shape index (κ3) is 2.76. The largest absolute Gasteiger partial charge is 0.507 e. The van der Waals surface area contributed by atoms with Gasteiger partial charge in [-0.25, -0.2) is 4.39 Å². The fraction of sp³-hybridized carbons (Fsp3) is 0.364. The van der Waals surface area contributed by atoms with Gasteiger partial charge in [0.05, 0.1) is 5.56 Å². The molecule has 0 fully saturated rings. The summed E-state index contributed by atoms with van der Waals surface area (Å²) in [5.74, 6) is -0.393. The summed E-state index contributed by atoms with van der Waals surface area (Å²) in [6, 6.07) is 4.16. The Balaban J connectivity index is 3.05. The van der Waals surface area contributed by atoms with Gasteiger partial charge in [0.15, 0.2) is 5.78 Å². The SMILES string of the molecule is CC(F)c1ccc(O)c(C(=O)CCN)c1. The third-order valence-electron chi connectivity index (χ3n) is 2.15. The zero-order valence-corrected chi connectivity index (χ0v) is 8.53. The Morgan fingerprint density at radius 2 is 2.27 bits per heavy atom. The Morgan fingerprint density at radius 1 is 1.60 bits per heavy atom. The molecular weight excluding hydrogens is 197 g/mol. The van der Waals surface area contributed by atoms with E-state index >= 15 is 0 Å². The second-order valence-corrected chi connectivity index (χ2v) is 3.35. The highest BCUT2D eigenvalue weighted by Gasteiger charge is 2.13. The lowest BCUT2D eigenvalue weighted by Crippen LogP contribution is -2.08. The van der Waals surface area contributed by atoms with Crippen LogP contribution in [0.2, 0.25) is 0 Å².